The van der Waals surface area contributed by atoms with E-state index in [4.69, 9.17) is 0 Å². The molecule has 1 atom stereocenters. The molecule has 2 heterocycles. The molecule has 1 N–H and O–H groups in total. The molecule has 2 fully saturated rings. The Hall–Kier alpha value is -1.55. The van der Waals surface area contributed by atoms with Crippen LogP contribution in [-0.2, 0) is 4.79 Å². The molecule has 0 radical (unpaired) electrons. The number of benzene rings is 1. The molecular formula is C15H21N3O. The van der Waals surface area contributed by atoms with Gasteiger partial charge in [-0.3, -0.25) is 9.69 Å². The summed E-state index contributed by atoms with van der Waals surface area (Å²) in [6.45, 7) is 6.26. The molecule has 4 heteroatoms. The molecule has 19 heavy (non-hydrogen) atoms. The largest absolute Gasteiger partial charge is 0.369 e. The van der Waals surface area contributed by atoms with Gasteiger partial charge < -0.3 is 10.2 Å². The first-order valence-corrected chi connectivity index (χ1v) is 7.07. The molecule has 4 nitrogen and oxygen atoms in total. The predicted octanol–water partition coefficient (Wildman–Crippen LogP) is 1.35. The van der Waals surface area contributed by atoms with E-state index in [1.807, 2.05) is 0 Å². The third-order valence-electron chi connectivity index (χ3n) is 4.09. The number of hydrogen-bond donors (Lipinski definition) is 1. The minimum Gasteiger partial charge on any atom is -0.369 e. The van der Waals surface area contributed by atoms with Crippen LogP contribution in [0.5, 0.6) is 0 Å². The summed E-state index contributed by atoms with van der Waals surface area (Å²) in [5.74, 6) is 0.200. The fourth-order valence-corrected chi connectivity index (χ4v) is 2.99. The van der Waals surface area contributed by atoms with Crippen molar-refractivity contribution in [3.8, 4) is 0 Å². The maximum Gasteiger partial charge on any atom is 0.221 e. The van der Waals surface area contributed by atoms with Gasteiger partial charge in [0.05, 0.1) is 6.17 Å². The van der Waals surface area contributed by atoms with Crippen LogP contribution in [0.15, 0.2) is 24.3 Å². The van der Waals surface area contributed by atoms with Crippen molar-refractivity contribution in [3.63, 3.8) is 0 Å². The van der Waals surface area contributed by atoms with E-state index in [9.17, 15) is 4.79 Å². The van der Waals surface area contributed by atoms with Gasteiger partial charge in [0, 0.05) is 38.3 Å². The van der Waals surface area contributed by atoms with Crippen molar-refractivity contribution in [3.05, 3.63) is 29.8 Å². The van der Waals surface area contributed by atoms with Gasteiger partial charge in [-0.2, -0.15) is 0 Å². The molecule has 0 spiro atoms. The number of carbonyl (C=O) groups excluding carboxylic acids is 1. The summed E-state index contributed by atoms with van der Waals surface area (Å²) in [5, 5.41) is 3.06. The summed E-state index contributed by atoms with van der Waals surface area (Å²) in [7, 11) is 0. The summed E-state index contributed by atoms with van der Waals surface area (Å²) in [4.78, 5) is 16.1. The smallest absolute Gasteiger partial charge is 0.221 e. The molecule has 1 aromatic rings. The van der Waals surface area contributed by atoms with Crippen LogP contribution < -0.4 is 10.2 Å². The standard InChI is InChI=1S/C15H21N3O/c1-12-3-2-4-13(11-12)17-7-9-18(10-8-17)14-5-6-15(19)16-14/h2-4,11,14H,5-10H2,1H3,(H,16,19). The quantitative estimate of drug-likeness (QED) is 0.871. The summed E-state index contributed by atoms with van der Waals surface area (Å²) in [6, 6.07) is 8.68. The number of nitrogens with one attached hydrogen (secondary N) is 1. The zero-order valence-corrected chi connectivity index (χ0v) is 11.4. The normalized spacial score (nSPS) is 24.6. The molecule has 1 amide bonds. The maximum absolute atomic E-state index is 11.3. The molecule has 2 saturated heterocycles. The lowest BCUT2D eigenvalue weighted by molar-refractivity contribution is -0.119. The monoisotopic (exact) mass is 259 g/mol. The number of carbonyl (C=O) groups is 1. The van der Waals surface area contributed by atoms with Gasteiger partial charge >= 0.3 is 0 Å². The average molecular weight is 259 g/mol. The minimum atomic E-state index is 0.200. The summed E-state index contributed by atoms with van der Waals surface area (Å²) in [5.41, 5.74) is 2.62. The van der Waals surface area contributed by atoms with Crippen LogP contribution in [-0.4, -0.2) is 43.2 Å². The molecule has 0 aliphatic carbocycles. The Morgan fingerprint density at radius 3 is 2.63 bits per heavy atom. The number of piperazine rings is 1. The fourth-order valence-electron chi connectivity index (χ4n) is 2.99. The Kier molecular flexibility index (Phi) is 3.42. The lowest BCUT2D eigenvalue weighted by atomic mass is 10.2. The van der Waals surface area contributed by atoms with Gasteiger partial charge in [-0.1, -0.05) is 12.1 Å². The Balaban J connectivity index is 1.59. The van der Waals surface area contributed by atoms with Crippen molar-refractivity contribution < 1.29 is 4.79 Å². The van der Waals surface area contributed by atoms with Crippen LogP contribution in [0.1, 0.15) is 18.4 Å². The highest BCUT2D eigenvalue weighted by Crippen LogP contribution is 2.20. The highest BCUT2D eigenvalue weighted by atomic mass is 16.2. The third-order valence-corrected chi connectivity index (χ3v) is 4.09. The van der Waals surface area contributed by atoms with Gasteiger partial charge in [0.1, 0.15) is 0 Å². The van der Waals surface area contributed by atoms with E-state index in [1.54, 1.807) is 0 Å². The van der Waals surface area contributed by atoms with Gasteiger partial charge in [-0.25, -0.2) is 0 Å². The maximum atomic E-state index is 11.3. The SMILES string of the molecule is Cc1cccc(N2CCN(C3CCC(=O)N3)CC2)c1. The van der Waals surface area contributed by atoms with E-state index in [0.717, 1.165) is 32.6 Å². The number of nitrogens with zero attached hydrogens (tertiary/aromatic N) is 2. The lowest BCUT2D eigenvalue weighted by Gasteiger charge is -2.38. The summed E-state index contributed by atoms with van der Waals surface area (Å²) >= 11 is 0. The first-order valence-electron chi connectivity index (χ1n) is 7.07. The molecule has 3 rings (SSSR count). The van der Waals surface area contributed by atoms with Gasteiger partial charge in [0.25, 0.3) is 0 Å². The highest BCUT2D eigenvalue weighted by Gasteiger charge is 2.29. The van der Waals surface area contributed by atoms with Crippen molar-refractivity contribution in [1.82, 2.24) is 10.2 Å². The Morgan fingerprint density at radius 2 is 2.00 bits per heavy atom. The van der Waals surface area contributed by atoms with Crippen LogP contribution in [0.4, 0.5) is 5.69 Å². The predicted molar refractivity (Wildman–Crippen MR) is 76.1 cm³/mol. The van der Waals surface area contributed by atoms with Crippen molar-refractivity contribution in [1.29, 1.82) is 0 Å². The van der Waals surface area contributed by atoms with Gasteiger partial charge in [-0.15, -0.1) is 0 Å². The molecule has 1 aromatic carbocycles. The van der Waals surface area contributed by atoms with Crippen LogP contribution >= 0.6 is 0 Å². The number of hydrogen-bond acceptors (Lipinski definition) is 3. The van der Waals surface area contributed by atoms with Crippen molar-refractivity contribution in [2.75, 3.05) is 31.1 Å². The number of aryl methyl sites for hydroxylation is 1. The molecule has 102 valence electrons. The summed E-state index contributed by atoms with van der Waals surface area (Å²) < 4.78 is 0. The molecule has 0 saturated carbocycles. The molecule has 2 aliphatic heterocycles. The average Bonchev–Trinajstić information content (AvgIpc) is 2.86. The Labute approximate surface area is 114 Å². The van der Waals surface area contributed by atoms with Crippen molar-refractivity contribution in [2.24, 2.45) is 0 Å². The van der Waals surface area contributed by atoms with E-state index in [-0.39, 0.29) is 12.1 Å². The van der Waals surface area contributed by atoms with Crippen molar-refractivity contribution in [2.45, 2.75) is 25.9 Å². The second kappa shape index (κ2) is 5.21. The van der Waals surface area contributed by atoms with Gasteiger partial charge in [0.2, 0.25) is 5.91 Å². The Bertz CT molecular complexity index is 466. The first-order chi connectivity index (χ1) is 9.22. The number of amides is 1. The Morgan fingerprint density at radius 1 is 1.21 bits per heavy atom. The first kappa shape index (κ1) is 12.5. The van der Waals surface area contributed by atoms with Crippen LogP contribution in [0.3, 0.4) is 0 Å². The molecule has 0 aromatic heterocycles. The second-order valence-electron chi connectivity index (χ2n) is 5.48. The van der Waals surface area contributed by atoms with Crippen molar-refractivity contribution >= 4 is 11.6 Å². The third kappa shape index (κ3) is 2.73. The van der Waals surface area contributed by atoms with Crippen LogP contribution in [0, 0.1) is 6.92 Å². The van der Waals surface area contributed by atoms with E-state index in [2.05, 4.69) is 46.3 Å². The topological polar surface area (TPSA) is 35.6 Å². The van der Waals surface area contributed by atoms with E-state index in [0.29, 0.717) is 6.42 Å². The fraction of sp³-hybridized carbons (Fsp3) is 0.533. The molecule has 1 unspecified atom stereocenters. The highest BCUT2D eigenvalue weighted by molar-refractivity contribution is 5.78. The zero-order chi connectivity index (χ0) is 13.2. The zero-order valence-electron chi connectivity index (χ0n) is 11.4. The van der Waals surface area contributed by atoms with Gasteiger partial charge in [0.15, 0.2) is 0 Å². The lowest BCUT2D eigenvalue weighted by Crippen LogP contribution is -2.53. The van der Waals surface area contributed by atoms with Crippen LogP contribution in [0.25, 0.3) is 0 Å². The number of rotatable bonds is 2. The van der Waals surface area contributed by atoms with Gasteiger partial charge in [-0.05, 0) is 31.0 Å². The van der Waals surface area contributed by atoms with E-state index < -0.39 is 0 Å². The van der Waals surface area contributed by atoms with E-state index in [1.165, 1.54) is 11.3 Å². The van der Waals surface area contributed by atoms with Crippen LogP contribution in [0.2, 0.25) is 0 Å². The minimum absolute atomic E-state index is 0.200. The molecule has 0 bridgehead atoms. The summed E-state index contributed by atoms with van der Waals surface area (Å²) in [6.07, 6.45) is 1.92. The van der Waals surface area contributed by atoms with E-state index >= 15 is 0 Å². The second-order valence-corrected chi connectivity index (χ2v) is 5.48. The number of anilines is 1. The molecule has 2 aliphatic rings. The molecular weight excluding hydrogens is 238 g/mol.